The predicted molar refractivity (Wildman–Crippen MR) is 66.5 cm³/mol. The van der Waals surface area contributed by atoms with Gasteiger partial charge in [0.25, 0.3) is 0 Å². The number of hydrogen-bond donors (Lipinski definition) is 1. The van der Waals surface area contributed by atoms with Crippen LogP contribution in [0.4, 0.5) is 0 Å². The number of ether oxygens (including phenoxy) is 1. The number of aromatic amines is 1. The topological polar surface area (TPSA) is 59.2 Å². The van der Waals surface area contributed by atoms with Crippen LogP contribution in [-0.4, -0.2) is 17.2 Å². The minimum atomic E-state index is -0.454. The summed E-state index contributed by atoms with van der Waals surface area (Å²) in [6.45, 7) is 1.92. The van der Waals surface area contributed by atoms with Crippen LogP contribution in [0.15, 0.2) is 36.5 Å². The molecule has 0 bridgehead atoms. The molecule has 1 heterocycles. The van der Waals surface area contributed by atoms with Crippen molar-refractivity contribution < 1.29 is 14.3 Å². The summed E-state index contributed by atoms with van der Waals surface area (Å²) in [5.41, 5.74) is 2.34. The molecule has 4 nitrogen and oxygen atoms in total. The van der Waals surface area contributed by atoms with E-state index in [0.717, 1.165) is 5.56 Å². The van der Waals surface area contributed by atoms with E-state index in [9.17, 15) is 9.59 Å². The van der Waals surface area contributed by atoms with Crippen molar-refractivity contribution in [1.82, 2.24) is 4.98 Å². The summed E-state index contributed by atoms with van der Waals surface area (Å²) in [6.07, 6.45) is 2.21. The van der Waals surface area contributed by atoms with Crippen LogP contribution in [-0.2, 0) is 11.3 Å². The quantitative estimate of drug-likeness (QED) is 0.663. The molecule has 0 aliphatic heterocycles. The van der Waals surface area contributed by atoms with Crippen LogP contribution in [0.1, 0.15) is 32.0 Å². The maximum Gasteiger partial charge on any atom is 0.355 e. The van der Waals surface area contributed by atoms with Gasteiger partial charge in [-0.15, -0.1) is 0 Å². The molecule has 0 aliphatic rings. The Kier molecular flexibility index (Phi) is 3.57. The van der Waals surface area contributed by atoms with Crippen molar-refractivity contribution in [3.8, 4) is 0 Å². The van der Waals surface area contributed by atoms with Gasteiger partial charge >= 0.3 is 5.97 Å². The van der Waals surface area contributed by atoms with E-state index in [1.54, 1.807) is 6.92 Å². The number of hydrogen-bond acceptors (Lipinski definition) is 3. The summed E-state index contributed by atoms with van der Waals surface area (Å²) in [5.74, 6) is -0.454. The smallest absolute Gasteiger partial charge is 0.355 e. The van der Waals surface area contributed by atoms with Gasteiger partial charge in [-0.3, -0.25) is 4.79 Å². The van der Waals surface area contributed by atoms with Gasteiger partial charge in [0.05, 0.1) is 0 Å². The zero-order valence-electron chi connectivity index (χ0n) is 9.97. The highest BCUT2D eigenvalue weighted by atomic mass is 16.5. The van der Waals surface area contributed by atoms with Crippen LogP contribution in [0.25, 0.3) is 0 Å². The third-order valence-corrected chi connectivity index (χ3v) is 2.72. The summed E-state index contributed by atoms with van der Waals surface area (Å²) in [7, 11) is 0. The first-order chi connectivity index (χ1) is 8.72. The molecule has 0 spiro atoms. The van der Waals surface area contributed by atoms with Crippen LogP contribution in [0.2, 0.25) is 0 Å². The fourth-order valence-corrected chi connectivity index (χ4v) is 1.64. The van der Waals surface area contributed by atoms with Gasteiger partial charge in [-0.1, -0.05) is 30.3 Å². The second-order valence-electron chi connectivity index (χ2n) is 3.92. The number of rotatable bonds is 4. The van der Waals surface area contributed by atoms with Crippen molar-refractivity contribution in [2.45, 2.75) is 13.5 Å². The summed E-state index contributed by atoms with van der Waals surface area (Å²) < 4.78 is 5.17. The molecule has 1 aromatic carbocycles. The Morgan fingerprint density at radius 3 is 2.67 bits per heavy atom. The second-order valence-corrected chi connectivity index (χ2v) is 3.92. The minimum Gasteiger partial charge on any atom is -0.456 e. The highest BCUT2D eigenvalue weighted by Gasteiger charge is 2.15. The summed E-state index contributed by atoms with van der Waals surface area (Å²) in [6, 6.07) is 9.43. The number of benzene rings is 1. The van der Waals surface area contributed by atoms with E-state index in [4.69, 9.17) is 4.74 Å². The molecule has 2 aromatic rings. The summed E-state index contributed by atoms with van der Waals surface area (Å²) in [5, 5.41) is 0. The lowest BCUT2D eigenvalue weighted by molar-refractivity contribution is 0.0465. The van der Waals surface area contributed by atoms with E-state index in [1.807, 2.05) is 30.3 Å². The van der Waals surface area contributed by atoms with E-state index in [2.05, 4.69) is 4.98 Å². The zero-order chi connectivity index (χ0) is 13.0. The summed E-state index contributed by atoms with van der Waals surface area (Å²) >= 11 is 0. The van der Waals surface area contributed by atoms with Crippen molar-refractivity contribution in [2.24, 2.45) is 0 Å². The van der Waals surface area contributed by atoms with Crippen LogP contribution in [0, 0.1) is 6.92 Å². The second kappa shape index (κ2) is 5.31. The lowest BCUT2D eigenvalue weighted by Crippen LogP contribution is -2.07. The Balaban J connectivity index is 2.04. The van der Waals surface area contributed by atoms with Crippen molar-refractivity contribution in [2.75, 3.05) is 0 Å². The van der Waals surface area contributed by atoms with Gasteiger partial charge in [-0.25, -0.2) is 4.79 Å². The van der Waals surface area contributed by atoms with Crippen LogP contribution < -0.4 is 0 Å². The molecule has 0 saturated carbocycles. The lowest BCUT2D eigenvalue weighted by atomic mass is 10.2. The first kappa shape index (κ1) is 12.1. The molecule has 2 rings (SSSR count). The molecule has 18 heavy (non-hydrogen) atoms. The van der Waals surface area contributed by atoms with Gasteiger partial charge in [0, 0.05) is 11.8 Å². The fraction of sp³-hybridized carbons (Fsp3) is 0.143. The van der Waals surface area contributed by atoms with Crippen LogP contribution in [0.5, 0.6) is 0 Å². The van der Waals surface area contributed by atoms with Gasteiger partial charge in [0.2, 0.25) is 0 Å². The molecule has 0 atom stereocenters. The Bertz CT molecular complexity index is 558. The average Bonchev–Trinajstić information content (AvgIpc) is 2.78. The van der Waals surface area contributed by atoms with Gasteiger partial charge in [-0.05, 0) is 18.1 Å². The maximum atomic E-state index is 11.8. The molecule has 1 N–H and O–H groups in total. The van der Waals surface area contributed by atoms with Crippen molar-refractivity contribution in [1.29, 1.82) is 0 Å². The molecule has 0 aliphatic carbocycles. The molecule has 0 fully saturated rings. The highest BCUT2D eigenvalue weighted by Crippen LogP contribution is 2.13. The first-order valence-electron chi connectivity index (χ1n) is 5.56. The number of nitrogens with one attached hydrogen (secondary N) is 1. The lowest BCUT2D eigenvalue weighted by Gasteiger charge is -2.04. The van der Waals surface area contributed by atoms with Crippen LogP contribution >= 0.6 is 0 Å². The van der Waals surface area contributed by atoms with Crippen LogP contribution in [0.3, 0.4) is 0 Å². The third-order valence-electron chi connectivity index (χ3n) is 2.72. The van der Waals surface area contributed by atoms with E-state index in [1.165, 1.54) is 6.20 Å². The Morgan fingerprint density at radius 1 is 1.33 bits per heavy atom. The Morgan fingerprint density at radius 2 is 2.06 bits per heavy atom. The standard InChI is InChI=1S/C14H13NO3/c1-10-12(8-16)7-15-13(10)14(17)18-9-11-5-3-2-4-6-11/h2-8,15H,9H2,1H3. The Hall–Kier alpha value is -2.36. The molecule has 1 aromatic heterocycles. The van der Waals surface area contributed by atoms with E-state index in [0.29, 0.717) is 23.1 Å². The number of aldehydes is 1. The molecule has 0 amide bonds. The fourth-order valence-electron chi connectivity index (χ4n) is 1.64. The van der Waals surface area contributed by atoms with Gasteiger partial charge in [0.15, 0.2) is 6.29 Å². The Labute approximate surface area is 105 Å². The number of esters is 1. The van der Waals surface area contributed by atoms with Gasteiger partial charge in [-0.2, -0.15) is 0 Å². The number of aromatic nitrogens is 1. The molecular formula is C14H13NO3. The molecular weight excluding hydrogens is 230 g/mol. The maximum absolute atomic E-state index is 11.8. The average molecular weight is 243 g/mol. The predicted octanol–water partition coefficient (Wildman–Crippen LogP) is 2.49. The number of carbonyl (C=O) groups excluding carboxylic acids is 2. The normalized spacial score (nSPS) is 10.1. The van der Waals surface area contributed by atoms with Crippen molar-refractivity contribution in [3.63, 3.8) is 0 Å². The minimum absolute atomic E-state index is 0.217. The zero-order valence-corrected chi connectivity index (χ0v) is 9.97. The SMILES string of the molecule is Cc1c(C=O)c[nH]c1C(=O)OCc1ccccc1. The highest BCUT2D eigenvalue weighted by molar-refractivity contribution is 5.92. The third kappa shape index (κ3) is 2.48. The molecule has 4 heteroatoms. The summed E-state index contributed by atoms with van der Waals surface area (Å²) in [4.78, 5) is 25.2. The first-order valence-corrected chi connectivity index (χ1v) is 5.56. The number of H-pyrrole nitrogens is 1. The van der Waals surface area contributed by atoms with E-state index in [-0.39, 0.29) is 6.61 Å². The van der Waals surface area contributed by atoms with E-state index >= 15 is 0 Å². The van der Waals surface area contributed by atoms with Crippen molar-refractivity contribution >= 4 is 12.3 Å². The van der Waals surface area contributed by atoms with Gasteiger partial charge in [0.1, 0.15) is 12.3 Å². The van der Waals surface area contributed by atoms with Crippen molar-refractivity contribution in [3.05, 3.63) is 58.9 Å². The largest absolute Gasteiger partial charge is 0.456 e. The number of carbonyl (C=O) groups is 2. The molecule has 0 unspecified atom stereocenters. The molecule has 92 valence electrons. The molecule has 0 radical (unpaired) electrons. The monoisotopic (exact) mass is 243 g/mol. The van der Waals surface area contributed by atoms with Gasteiger partial charge < -0.3 is 9.72 Å². The van der Waals surface area contributed by atoms with E-state index < -0.39 is 5.97 Å². The molecule has 0 saturated heterocycles.